The number of carbonyl (C=O) groups excluding carboxylic acids is 3. The summed E-state index contributed by atoms with van der Waals surface area (Å²) in [6.45, 7) is 2.65. The van der Waals surface area contributed by atoms with E-state index < -0.39 is 22.1 Å². The lowest BCUT2D eigenvalue weighted by Gasteiger charge is -2.09. The molecule has 1 heterocycles. The Kier molecular flexibility index (Phi) is 9.14. The van der Waals surface area contributed by atoms with Crippen LogP contribution in [0.4, 0.5) is 4.79 Å². The van der Waals surface area contributed by atoms with Gasteiger partial charge in [-0.3, -0.25) is 9.59 Å². The van der Waals surface area contributed by atoms with E-state index in [0.717, 1.165) is 39.0 Å². The minimum atomic E-state index is -4.17. The third-order valence-corrected chi connectivity index (χ3v) is 5.67. The van der Waals surface area contributed by atoms with Crippen LogP contribution in [0, 0.1) is 0 Å². The van der Waals surface area contributed by atoms with Crippen LogP contribution < -0.4 is 14.8 Å². The van der Waals surface area contributed by atoms with Crippen molar-refractivity contribution in [3.05, 3.63) is 53.7 Å². The van der Waals surface area contributed by atoms with E-state index in [1.54, 1.807) is 0 Å². The van der Waals surface area contributed by atoms with Gasteiger partial charge in [-0.15, -0.1) is 0 Å². The van der Waals surface area contributed by atoms with E-state index >= 15 is 0 Å². The number of rotatable bonds is 10. The van der Waals surface area contributed by atoms with Crippen LogP contribution in [0.15, 0.2) is 47.5 Å². The number of pyridine rings is 1. The Morgan fingerprint density at radius 1 is 0.938 bits per heavy atom. The van der Waals surface area contributed by atoms with Crippen LogP contribution >= 0.6 is 0 Å². The Labute approximate surface area is 186 Å². The monoisotopic (exact) mass is 463 g/mol. The molecule has 172 valence electrons. The van der Waals surface area contributed by atoms with E-state index in [4.69, 9.17) is 0 Å². The third kappa shape index (κ3) is 7.34. The average molecular weight is 464 g/mol. The van der Waals surface area contributed by atoms with E-state index in [9.17, 15) is 22.8 Å². The fraction of sp³-hybridized carbons (Fsp3) is 0.333. The second kappa shape index (κ2) is 11.8. The highest BCUT2D eigenvalue weighted by Gasteiger charge is 2.20. The maximum absolute atomic E-state index is 12.5. The maximum atomic E-state index is 12.5. The minimum Gasteiger partial charge on any atom is -0.437 e. The Morgan fingerprint density at radius 2 is 1.62 bits per heavy atom. The quantitative estimate of drug-likeness (QED) is 0.405. The number of benzene rings is 1. The van der Waals surface area contributed by atoms with Crippen LogP contribution in [0.2, 0.25) is 0 Å². The molecule has 10 nitrogen and oxygen atoms in total. The molecule has 0 unspecified atom stereocenters. The standard InChI is InChI=1S/C21H25N3O7S/c1-3-4-5-6-13-22-19(25)15-7-10-17(11-8-15)32(28,29)24-20(26)16-9-12-18(23-14-16)31-21(27)30-2/h7-12,14H,3-6,13H2,1-2H3,(H,22,25)(H,24,26). The molecule has 2 amide bonds. The third-order valence-electron chi connectivity index (χ3n) is 4.32. The minimum absolute atomic E-state index is 0.0649. The van der Waals surface area contributed by atoms with Crippen molar-refractivity contribution >= 4 is 28.0 Å². The summed E-state index contributed by atoms with van der Waals surface area (Å²) in [7, 11) is -3.05. The first-order valence-corrected chi connectivity index (χ1v) is 11.4. The summed E-state index contributed by atoms with van der Waals surface area (Å²) < 4.78 is 35.9. The summed E-state index contributed by atoms with van der Waals surface area (Å²) in [4.78, 5) is 39.0. The summed E-state index contributed by atoms with van der Waals surface area (Å²) in [5.74, 6) is -1.33. The molecule has 2 N–H and O–H groups in total. The molecule has 2 rings (SSSR count). The van der Waals surface area contributed by atoms with Crippen molar-refractivity contribution in [3.8, 4) is 5.88 Å². The summed E-state index contributed by atoms with van der Waals surface area (Å²) in [5, 5.41) is 2.79. The van der Waals surface area contributed by atoms with Gasteiger partial charge in [0.1, 0.15) is 0 Å². The number of amides is 2. The molecule has 0 aliphatic carbocycles. The molecule has 0 fully saturated rings. The van der Waals surface area contributed by atoms with Crippen molar-refractivity contribution in [2.75, 3.05) is 13.7 Å². The number of nitrogens with one attached hydrogen (secondary N) is 2. The smallest absolute Gasteiger partial charge is 0.437 e. The van der Waals surface area contributed by atoms with Crippen LogP contribution in [0.5, 0.6) is 5.88 Å². The molecule has 11 heteroatoms. The fourth-order valence-corrected chi connectivity index (χ4v) is 3.56. The van der Waals surface area contributed by atoms with E-state index in [1.165, 1.54) is 36.4 Å². The van der Waals surface area contributed by atoms with Gasteiger partial charge in [0.25, 0.3) is 21.8 Å². The zero-order valence-corrected chi connectivity index (χ0v) is 18.6. The molecule has 0 bridgehead atoms. The predicted octanol–water partition coefficient (Wildman–Crippen LogP) is 2.66. The van der Waals surface area contributed by atoms with Gasteiger partial charge >= 0.3 is 6.16 Å². The van der Waals surface area contributed by atoms with Crippen molar-refractivity contribution in [1.82, 2.24) is 15.0 Å². The molecule has 0 spiro atoms. The maximum Gasteiger partial charge on any atom is 0.514 e. The molecule has 1 aromatic heterocycles. The molecule has 0 saturated carbocycles. The second-order valence-corrected chi connectivity index (χ2v) is 8.40. The van der Waals surface area contributed by atoms with Crippen LogP contribution in [-0.4, -0.2) is 45.0 Å². The zero-order chi connectivity index (χ0) is 23.6. The Balaban J connectivity index is 1.97. The molecule has 0 aliphatic rings. The van der Waals surface area contributed by atoms with Crippen molar-refractivity contribution in [1.29, 1.82) is 0 Å². The van der Waals surface area contributed by atoms with Crippen LogP contribution in [0.3, 0.4) is 0 Å². The first kappa shape index (κ1) is 24.8. The van der Waals surface area contributed by atoms with Gasteiger partial charge in [0.05, 0.1) is 17.6 Å². The molecule has 32 heavy (non-hydrogen) atoms. The number of methoxy groups -OCH3 is 1. The molecular formula is C21H25N3O7S. The molecule has 0 atom stereocenters. The fourth-order valence-electron chi connectivity index (χ4n) is 2.58. The van der Waals surface area contributed by atoms with E-state index in [-0.39, 0.29) is 22.2 Å². The van der Waals surface area contributed by atoms with Crippen LogP contribution in [0.1, 0.15) is 53.3 Å². The Hall–Kier alpha value is -3.47. The van der Waals surface area contributed by atoms with E-state index in [1.807, 2.05) is 4.72 Å². The zero-order valence-electron chi connectivity index (χ0n) is 17.8. The van der Waals surface area contributed by atoms with Crippen LogP contribution in [0.25, 0.3) is 0 Å². The summed E-state index contributed by atoms with van der Waals surface area (Å²) in [6, 6.07) is 7.69. The molecule has 0 aliphatic heterocycles. The molecule has 0 saturated heterocycles. The lowest BCUT2D eigenvalue weighted by Crippen LogP contribution is -2.30. The average Bonchev–Trinajstić information content (AvgIpc) is 2.79. The van der Waals surface area contributed by atoms with Gasteiger partial charge in [-0.1, -0.05) is 26.2 Å². The summed E-state index contributed by atoms with van der Waals surface area (Å²) >= 11 is 0. The van der Waals surface area contributed by atoms with Crippen molar-refractivity contribution < 1.29 is 32.3 Å². The highest BCUT2D eigenvalue weighted by atomic mass is 32.2. The number of sulfonamides is 1. The predicted molar refractivity (Wildman–Crippen MR) is 115 cm³/mol. The van der Waals surface area contributed by atoms with Gasteiger partial charge in [-0.2, -0.15) is 0 Å². The van der Waals surface area contributed by atoms with Gasteiger partial charge in [0, 0.05) is 24.4 Å². The van der Waals surface area contributed by atoms with Gasteiger partial charge in [-0.05, 0) is 36.8 Å². The molecular weight excluding hydrogens is 438 g/mol. The lowest BCUT2D eigenvalue weighted by atomic mass is 10.2. The largest absolute Gasteiger partial charge is 0.514 e. The number of aromatic nitrogens is 1. The summed E-state index contributed by atoms with van der Waals surface area (Å²) in [5.41, 5.74) is 0.251. The molecule has 1 aromatic carbocycles. The van der Waals surface area contributed by atoms with Crippen molar-refractivity contribution in [2.45, 2.75) is 37.5 Å². The van der Waals surface area contributed by atoms with Gasteiger partial charge < -0.3 is 14.8 Å². The topological polar surface area (TPSA) is 141 Å². The number of nitrogens with zero attached hydrogens (tertiary/aromatic N) is 1. The molecule has 2 aromatic rings. The van der Waals surface area contributed by atoms with Gasteiger partial charge in [0.15, 0.2) is 0 Å². The first-order valence-electron chi connectivity index (χ1n) is 9.94. The number of unbranched alkanes of at least 4 members (excludes halogenated alkanes) is 3. The number of hydrogen-bond donors (Lipinski definition) is 2. The lowest BCUT2D eigenvalue weighted by molar-refractivity contribution is 0.0950. The van der Waals surface area contributed by atoms with Crippen molar-refractivity contribution in [3.63, 3.8) is 0 Å². The van der Waals surface area contributed by atoms with Crippen LogP contribution in [-0.2, 0) is 14.8 Å². The number of carbonyl (C=O) groups is 3. The van der Waals surface area contributed by atoms with Gasteiger partial charge in [0.2, 0.25) is 5.88 Å². The summed E-state index contributed by atoms with van der Waals surface area (Å²) in [6.07, 6.45) is 4.19. The molecule has 0 radical (unpaired) electrons. The van der Waals surface area contributed by atoms with E-state index in [0.29, 0.717) is 12.1 Å². The SMILES string of the molecule is CCCCCCNC(=O)c1ccc(S(=O)(=O)NC(=O)c2ccc(OC(=O)OC)nc2)cc1. The van der Waals surface area contributed by atoms with Crippen molar-refractivity contribution in [2.24, 2.45) is 0 Å². The number of hydrogen-bond acceptors (Lipinski definition) is 8. The highest BCUT2D eigenvalue weighted by Crippen LogP contribution is 2.13. The highest BCUT2D eigenvalue weighted by molar-refractivity contribution is 7.90. The van der Waals surface area contributed by atoms with Gasteiger partial charge in [-0.25, -0.2) is 22.9 Å². The second-order valence-electron chi connectivity index (χ2n) is 6.72. The Morgan fingerprint density at radius 3 is 2.22 bits per heavy atom. The Bertz CT molecular complexity index is 1040. The normalized spacial score (nSPS) is 10.8. The first-order chi connectivity index (χ1) is 15.3. The van der Waals surface area contributed by atoms with E-state index in [2.05, 4.69) is 26.7 Å². The number of ether oxygens (including phenoxy) is 2.